The quantitative estimate of drug-likeness (QED) is 0.587. The molecule has 0 aliphatic heterocycles. The van der Waals surface area contributed by atoms with E-state index in [9.17, 15) is 9.36 Å². The summed E-state index contributed by atoms with van der Waals surface area (Å²) in [6.07, 6.45) is 0.0369. The molecule has 0 aliphatic rings. The zero-order valence-corrected chi connectivity index (χ0v) is 13.0. The molecule has 3 nitrogen and oxygen atoms in total. The Morgan fingerprint density at radius 3 is 2.11 bits per heavy atom. The molecule has 0 heterocycles. The Kier molecular flexibility index (Phi) is 5.81. The molecule has 1 aromatic carbocycles. The molecule has 0 bridgehead atoms. The highest BCUT2D eigenvalue weighted by molar-refractivity contribution is 7.66. The molecule has 0 N–H and O–H groups in total. The van der Waals surface area contributed by atoms with Crippen LogP contribution in [0.3, 0.4) is 0 Å². The molecular weight excluding hydrogens is 259 g/mol. The van der Waals surface area contributed by atoms with Crippen LogP contribution < -0.4 is 0 Å². The molecule has 4 heteroatoms. The second-order valence-electron chi connectivity index (χ2n) is 5.35. The van der Waals surface area contributed by atoms with Crippen LogP contribution in [0, 0.1) is 0 Å². The maximum absolute atomic E-state index is 12.7. The van der Waals surface area contributed by atoms with Crippen molar-refractivity contribution in [3.8, 4) is 0 Å². The highest BCUT2D eigenvalue weighted by Gasteiger charge is 2.33. The van der Waals surface area contributed by atoms with Gasteiger partial charge >= 0.3 is 5.97 Å². The Morgan fingerprint density at radius 2 is 1.63 bits per heavy atom. The van der Waals surface area contributed by atoms with Gasteiger partial charge in [-0.05, 0) is 5.56 Å². The molecule has 19 heavy (non-hydrogen) atoms. The molecule has 1 rings (SSSR count). The summed E-state index contributed by atoms with van der Waals surface area (Å²) in [6, 6.07) is 9.51. The molecule has 0 saturated heterocycles. The fourth-order valence-electron chi connectivity index (χ4n) is 1.95. The first kappa shape index (κ1) is 16.0. The molecule has 0 unspecified atom stereocenters. The third-order valence-corrected chi connectivity index (χ3v) is 7.62. The summed E-state index contributed by atoms with van der Waals surface area (Å²) in [4.78, 5) is 11.8. The van der Waals surface area contributed by atoms with Crippen LogP contribution in [0.1, 0.15) is 33.3 Å². The van der Waals surface area contributed by atoms with Gasteiger partial charge in [-0.15, -0.1) is 0 Å². The first-order valence-electron chi connectivity index (χ1n) is 6.64. The Morgan fingerprint density at radius 1 is 1.11 bits per heavy atom. The van der Waals surface area contributed by atoms with Crippen LogP contribution in [0.25, 0.3) is 0 Å². The molecular formula is C15H23O3P. The lowest BCUT2D eigenvalue weighted by Crippen LogP contribution is -2.19. The molecule has 0 atom stereocenters. The van der Waals surface area contributed by atoms with Crippen molar-refractivity contribution in [1.82, 2.24) is 0 Å². The highest BCUT2D eigenvalue weighted by Crippen LogP contribution is 2.54. The average molecular weight is 282 g/mol. The minimum atomic E-state index is -2.52. The molecule has 0 amide bonds. The summed E-state index contributed by atoms with van der Waals surface area (Å²) in [5, 5.41) is 0. The van der Waals surface area contributed by atoms with Crippen molar-refractivity contribution < 1.29 is 14.1 Å². The number of ether oxygens (including phenoxy) is 1. The van der Waals surface area contributed by atoms with Gasteiger partial charge in [0, 0.05) is 11.3 Å². The second-order valence-corrected chi connectivity index (χ2v) is 9.44. The van der Waals surface area contributed by atoms with Crippen LogP contribution in [-0.2, 0) is 20.7 Å². The van der Waals surface area contributed by atoms with Crippen LogP contribution in [-0.4, -0.2) is 23.4 Å². The van der Waals surface area contributed by atoms with Gasteiger partial charge in [-0.1, -0.05) is 58.0 Å². The molecule has 106 valence electrons. The third kappa shape index (κ3) is 4.50. The molecule has 0 saturated carbocycles. The summed E-state index contributed by atoms with van der Waals surface area (Å²) in [6.45, 7) is 7.88. The summed E-state index contributed by atoms with van der Waals surface area (Å²) >= 11 is 0. The lowest BCUT2D eigenvalue weighted by Gasteiger charge is -2.25. The normalized spacial score (nSPS) is 11.9. The lowest BCUT2D eigenvalue weighted by molar-refractivity contribution is -0.141. The van der Waals surface area contributed by atoms with Crippen LogP contribution in [0.4, 0.5) is 0 Å². The molecule has 0 aromatic heterocycles. The molecule has 0 aliphatic carbocycles. The number of benzene rings is 1. The van der Waals surface area contributed by atoms with Crippen molar-refractivity contribution in [1.29, 1.82) is 0 Å². The fraction of sp³-hybridized carbons (Fsp3) is 0.533. The van der Waals surface area contributed by atoms with Gasteiger partial charge < -0.3 is 9.30 Å². The van der Waals surface area contributed by atoms with Gasteiger partial charge in [0.15, 0.2) is 0 Å². The topological polar surface area (TPSA) is 43.4 Å². The van der Waals surface area contributed by atoms with Crippen LogP contribution in [0.5, 0.6) is 0 Å². The maximum atomic E-state index is 12.7. The number of hydrogen-bond acceptors (Lipinski definition) is 3. The van der Waals surface area contributed by atoms with E-state index >= 15 is 0 Å². The number of hydrogen-bond donors (Lipinski definition) is 0. The second kappa shape index (κ2) is 6.91. The van der Waals surface area contributed by atoms with E-state index in [-0.39, 0.29) is 30.1 Å². The van der Waals surface area contributed by atoms with Gasteiger partial charge in [0.2, 0.25) is 0 Å². The fourth-order valence-corrected chi connectivity index (χ4v) is 4.36. The Hall–Kier alpha value is -1.08. The maximum Gasteiger partial charge on any atom is 0.313 e. The predicted molar refractivity (Wildman–Crippen MR) is 79.0 cm³/mol. The average Bonchev–Trinajstić information content (AvgIpc) is 2.37. The van der Waals surface area contributed by atoms with E-state index in [1.54, 1.807) is 0 Å². The van der Waals surface area contributed by atoms with Crippen LogP contribution in [0.15, 0.2) is 30.3 Å². The van der Waals surface area contributed by atoms with E-state index in [0.717, 1.165) is 5.56 Å². The molecule has 0 spiro atoms. The predicted octanol–water partition coefficient (Wildman–Crippen LogP) is 3.91. The lowest BCUT2D eigenvalue weighted by atomic mass is 10.2. The third-order valence-electron chi connectivity index (χ3n) is 3.37. The summed E-state index contributed by atoms with van der Waals surface area (Å²) in [7, 11) is -2.52. The minimum absolute atomic E-state index is 0.0109. The van der Waals surface area contributed by atoms with E-state index in [4.69, 9.17) is 4.74 Å². The minimum Gasteiger partial charge on any atom is -0.460 e. The zero-order chi connectivity index (χ0) is 14.5. The van der Waals surface area contributed by atoms with Gasteiger partial charge in [-0.3, -0.25) is 4.79 Å². The summed E-state index contributed by atoms with van der Waals surface area (Å²) in [5.41, 5.74) is 0.966. The molecule has 1 aromatic rings. The first-order valence-corrected chi connectivity index (χ1v) is 8.67. The first-order chi connectivity index (χ1) is 8.86. The Balaban J connectivity index is 2.58. The number of carbonyl (C=O) groups excluding carboxylic acids is 1. The van der Waals surface area contributed by atoms with Gasteiger partial charge in [-0.2, -0.15) is 0 Å². The SMILES string of the molecule is CC(C)P(=O)(CC(=O)OCc1ccccc1)C(C)C. The Labute approximate surface area is 115 Å². The summed E-state index contributed by atoms with van der Waals surface area (Å²) in [5.74, 6) is -0.366. The van der Waals surface area contributed by atoms with E-state index in [1.807, 2.05) is 58.0 Å². The van der Waals surface area contributed by atoms with Gasteiger partial charge in [0.25, 0.3) is 0 Å². The van der Waals surface area contributed by atoms with E-state index < -0.39 is 7.14 Å². The van der Waals surface area contributed by atoms with Crippen molar-refractivity contribution in [3.63, 3.8) is 0 Å². The zero-order valence-electron chi connectivity index (χ0n) is 12.1. The van der Waals surface area contributed by atoms with E-state index in [1.165, 1.54) is 0 Å². The largest absolute Gasteiger partial charge is 0.460 e. The van der Waals surface area contributed by atoms with Crippen molar-refractivity contribution in [3.05, 3.63) is 35.9 Å². The highest BCUT2D eigenvalue weighted by atomic mass is 31.2. The van der Waals surface area contributed by atoms with Gasteiger partial charge in [0.05, 0.1) is 6.16 Å². The van der Waals surface area contributed by atoms with Crippen molar-refractivity contribution >= 4 is 13.1 Å². The smallest absolute Gasteiger partial charge is 0.313 e. The number of carbonyl (C=O) groups is 1. The van der Waals surface area contributed by atoms with Crippen molar-refractivity contribution in [2.75, 3.05) is 6.16 Å². The van der Waals surface area contributed by atoms with Gasteiger partial charge in [-0.25, -0.2) is 0 Å². The van der Waals surface area contributed by atoms with Crippen molar-refractivity contribution in [2.24, 2.45) is 0 Å². The standard InChI is InChI=1S/C15H23O3P/c1-12(2)19(17,13(3)4)11-15(16)18-10-14-8-6-5-7-9-14/h5-9,12-13H,10-11H2,1-4H3. The Bertz CT molecular complexity index is 440. The van der Waals surface area contributed by atoms with Crippen LogP contribution >= 0.6 is 7.14 Å². The van der Waals surface area contributed by atoms with Crippen molar-refractivity contribution in [2.45, 2.75) is 45.6 Å². The van der Waals surface area contributed by atoms with Gasteiger partial charge in [0.1, 0.15) is 13.7 Å². The number of esters is 1. The molecule has 0 radical (unpaired) electrons. The molecule has 0 fully saturated rings. The van der Waals surface area contributed by atoms with E-state index in [2.05, 4.69) is 0 Å². The van der Waals surface area contributed by atoms with Crippen LogP contribution in [0.2, 0.25) is 0 Å². The number of rotatable bonds is 6. The monoisotopic (exact) mass is 282 g/mol. The summed E-state index contributed by atoms with van der Waals surface area (Å²) < 4.78 is 17.9. The van der Waals surface area contributed by atoms with E-state index in [0.29, 0.717) is 0 Å².